The van der Waals surface area contributed by atoms with E-state index >= 15 is 0 Å². The Labute approximate surface area is 142 Å². The van der Waals surface area contributed by atoms with Gasteiger partial charge in [-0.05, 0) is 27.7 Å². The zero-order valence-electron chi connectivity index (χ0n) is 14.8. The van der Waals surface area contributed by atoms with Crippen molar-refractivity contribution in [1.82, 2.24) is 20.3 Å². The first-order valence-electron chi connectivity index (χ1n) is 8.35. The van der Waals surface area contributed by atoms with E-state index in [1.807, 2.05) is 20.8 Å². The summed E-state index contributed by atoms with van der Waals surface area (Å²) in [6, 6.07) is 1.68. The average molecular weight is 337 g/mol. The van der Waals surface area contributed by atoms with Crippen molar-refractivity contribution in [3.05, 3.63) is 11.8 Å². The Kier molecular flexibility index (Phi) is 6.33. The molecular weight excluding hydrogens is 310 g/mol. The van der Waals surface area contributed by atoms with Gasteiger partial charge in [0.25, 0.3) is 0 Å². The third-order valence-corrected chi connectivity index (χ3v) is 4.03. The van der Waals surface area contributed by atoms with E-state index in [0.29, 0.717) is 18.1 Å². The molecule has 1 saturated heterocycles. The molecule has 0 bridgehead atoms. The fourth-order valence-corrected chi connectivity index (χ4v) is 2.69. The second-order valence-electron chi connectivity index (χ2n) is 6.52. The van der Waals surface area contributed by atoms with E-state index in [0.717, 1.165) is 26.2 Å². The summed E-state index contributed by atoms with van der Waals surface area (Å²) in [6.07, 6.45) is 0. The zero-order chi connectivity index (χ0) is 17.7. The van der Waals surface area contributed by atoms with Crippen molar-refractivity contribution < 1.29 is 14.1 Å². The Balaban J connectivity index is 1.74. The molecule has 2 amide bonds. The first-order chi connectivity index (χ1) is 11.3. The normalized spacial score (nSPS) is 17.7. The van der Waals surface area contributed by atoms with Crippen molar-refractivity contribution >= 4 is 17.6 Å². The highest BCUT2D eigenvalue weighted by molar-refractivity contribution is 5.91. The van der Waals surface area contributed by atoms with Gasteiger partial charge >= 0.3 is 0 Å². The second kappa shape index (κ2) is 8.25. The van der Waals surface area contributed by atoms with Crippen LogP contribution < -0.4 is 10.6 Å². The van der Waals surface area contributed by atoms with Crippen LogP contribution in [-0.4, -0.2) is 71.6 Å². The quantitative estimate of drug-likeness (QED) is 0.783. The molecule has 2 rings (SSSR count). The maximum Gasteiger partial charge on any atom is 0.239 e. The molecule has 8 nitrogen and oxygen atoms in total. The summed E-state index contributed by atoms with van der Waals surface area (Å²) < 4.78 is 4.92. The monoisotopic (exact) mass is 337 g/mol. The van der Waals surface area contributed by atoms with Crippen LogP contribution in [0, 0.1) is 6.92 Å². The summed E-state index contributed by atoms with van der Waals surface area (Å²) in [5.74, 6) is 1.04. The van der Waals surface area contributed by atoms with Crippen LogP contribution in [0.15, 0.2) is 10.6 Å². The molecular formula is C16H27N5O3. The zero-order valence-corrected chi connectivity index (χ0v) is 14.8. The number of nitrogens with zero attached hydrogens (tertiary/aromatic N) is 3. The number of nitrogens with one attached hydrogen (secondary N) is 2. The van der Waals surface area contributed by atoms with E-state index in [4.69, 9.17) is 4.52 Å². The predicted octanol–water partition coefficient (Wildman–Crippen LogP) is 0.452. The fourth-order valence-electron chi connectivity index (χ4n) is 2.69. The number of aryl methyl sites for hydroxylation is 1. The van der Waals surface area contributed by atoms with Crippen LogP contribution >= 0.6 is 0 Å². The van der Waals surface area contributed by atoms with Gasteiger partial charge in [-0.15, -0.1) is 0 Å². The van der Waals surface area contributed by atoms with Gasteiger partial charge in [-0.1, -0.05) is 5.16 Å². The summed E-state index contributed by atoms with van der Waals surface area (Å²) in [5, 5.41) is 9.41. The Morgan fingerprint density at radius 1 is 1.25 bits per heavy atom. The molecule has 1 aliphatic rings. The lowest BCUT2D eigenvalue weighted by molar-refractivity contribution is -0.127. The molecule has 0 saturated carbocycles. The molecule has 8 heteroatoms. The highest BCUT2D eigenvalue weighted by Crippen LogP contribution is 2.09. The van der Waals surface area contributed by atoms with Gasteiger partial charge in [-0.2, -0.15) is 0 Å². The van der Waals surface area contributed by atoms with Gasteiger partial charge in [0.1, 0.15) is 5.76 Å². The van der Waals surface area contributed by atoms with Gasteiger partial charge in [-0.25, -0.2) is 0 Å². The number of hydrogen-bond acceptors (Lipinski definition) is 6. The molecule has 0 aliphatic carbocycles. The Morgan fingerprint density at radius 2 is 1.92 bits per heavy atom. The average Bonchev–Trinajstić information content (AvgIpc) is 2.91. The minimum atomic E-state index is -0.151. The van der Waals surface area contributed by atoms with Crippen LogP contribution in [0.1, 0.15) is 26.5 Å². The third kappa shape index (κ3) is 5.31. The van der Waals surface area contributed by atoms with E-state index in [9.17, 15) is 9.59 Å². The topological polar surface area (TPSA) is 90.7 Å². The molecule has 0 radical (unpaired) electrons. The van der Waals surface area contributed by atoms with Gasteiger partial charge in [0.2, 0.25) is 11.8 Å². The minimum Gasteiger partial charge on any atom is -0.360 e. The lowest BCUT2D eigenvalue weighted by Crippen LogP contribution is -2.55. The molecule has 1 unspecified atom stereocenters. The Bertz CT molecular complexity index is 564. The number of anilines is 1. The predicted molar refractivity (Wildman–Crippen MR) is 90.6 cm³/mol. The third-order valence-electron chi connectivity index (χ3n) is 4.03. The number of hydrogen-bond donors (Lipinski definition) is 2. The summed E-state index contributed by atoms with van der Waals surface area (Å²) >= 11 is 0. The second-order valence-corrected chi connectivity index (χ2v) is 6.52. The van der Waals surface area contributed by atoms with Gasteiger partial charge < -0.3 is 15.2 Å². The van der Waals surface area contributed by atoms with Crippen LogP contribution in [0.5, 0.6) is 0 Å². The standard InChI is InChI=1S/C16H27N5O3/c1-11(2)17-16(23)13(4)21-7-5-20(6-8-21)10-15(22)18-14-9-12(3)24-19-14/h9,11,13H,5-8,10H2,1-4H3,(H,17,23)(H,18,19,22). The van der Waals surface area contributed by atoms with Crippen molar-refractivity contribution in [3.63, 3.8) is 0 Å². The summed E-state index contributed by atoms with van der Waals surface area (Å²) in [4.78, 5) is 28.3. The van der Waals surface area contributed by atoms with Gasteiger partial charge in [0.05, 0.1) is 12.6 Å². The number of carbonyl (C=O) groups excluding carboxylic acids is 2. The van der Waals surface area contributed by atoms with Crippen LogP contribution in [-0.2, 0) is 9.59 Å². The summed E-state index contributed by atoms with van der Waals surface area (Å²) in [6.45, 7) is 11.0. The van der Waals surface area contributed by atoms with Gasteiger partial charge in [0, 0.05) is 38.3 Å². The number of rotatable bonds is 6. The lowest BCUT2D eigenvalue weighted by atomic mass is 10.2. The molecule has 2 N–H and O–H groups in total. The van der Waals surface area contributed by atoms with E-state index in [1.54, 1.807) is 13.0 Å². The number of piperazine rings is 1. The Hall–Kier alpha value is -1.93. The molecule has 1 aromatic rings. The summed E-state index contributed by atoms with van der Waals surface area (Å²) in [5.41, 5.74) is 0. The number of carbonyl (C=O) groups is 2. The van der Waals surface area contributed by atoms with Crippen molar-refractivity contribution in [3.8, 4) is 0 Å². The molecule has 0 aromatic carbocycles. The first-order valence-corrected chi connectivity index (χ1v) is 8.35. The smallest absolute Gasteiger partial charge is 0.239 e. The fraction of sp³-hybridized carbons (Fsp3) is 0.688. The molecule has 134 valence electrons. The summed E-state index contributed by atoms with van der Waals surface area (Å²) in [7, 11) is 0. The largest absolute Gasteiger partial charge is 0.360 e. The van der Waals surface area contributed by atoms with Crippen LogP contribution in [0.25, 0.3) is 0 Å². The van der Waals surface area contributed by atoms with Gasteiger partial charge in [0.15, 0.2) is 5.82 Å². The highest BCUT2D eigenvalue weighted by atomic mass is 16.5. The van der Waals surface area contributed by atoms with Crippen LogP contribution in [0.4, 0.5) is 5.82 Å². The van der Waals surface area contributed by atoms with Crippen LogP contribution in [0.3, 0.4) is 0 Å². The molecule has 0 spiro atoms. The van der Waals surface area contributed by atoms with Crippen molar-refractivity contribution in [1.29, 1.82) is 0 Å². The highest BCUT2D eigenvalue weighted by Gasteiger charge is 2.26. The molecule has 1 aromatic heterocycles. The van der Waals surface area contributed by atoms with Crippen LogP contribution in [0.2, 0.25) is 0 Å². The van der Waals surface area contributed by atoms with E-state index < -0.39 is 0 Å². The molecule has 1 atom stereocenters. The molecule has 24 heavy (non-hydrogen) atoms. The maximum absolute atomic E-state index is 12.1. The lowest BCUT2D eigenvalue weighted by Gasteiger charge is -2.37. The minimum absolute atomic E-state index is 0.0533. The molecule has 2 heterocycles. The number of aromatic nitrogens is 1. The first kappa shape index (κ1) is 18.4. The molecule has 1 aliphatic heterocycles. The maximum atomic E-state index is 12.1. The van der Waals surface area contributed by atoms with Crippen molar-refractivity contribution in [2.24, 2.45) is 0 Å². The van der Waals surface area contributed by atoms with Gasteiger partial charge in [-0.3, -0.25) is 19.4 Å². The van der Waals surface area contributed by atoms with E-state index in [-0.39, 0.29) is 23.9 Å². The molecule has 1 fully saturated rings. The van der Waals surface area contributed by atoms with E-state index in [2.05, 4.69) is 25.6 Å². The van der Waals surface area contributed by atoms with Crippen molar-refractivity contribution in [2.75, 3.05) is 38.0 Å². The SMILES string of the molecule is Cc1cc(NC(=O)CN2CCN(C(C)C(=O)NC(C)C)CC2)no1. The van der Waals surface area contributed by atoms with E-state index in [1.165, 1.54) is 0 Å². The number of amides is 2. The Morgan fingerprint density at radius 3 is 2.46 bits per heavy atom. The van der Waals surface area contributed by atoms with Crippen molar-refractivity contribution in [2.45, 2.75) is 39.8 Å².